The molecule has 68 heavy (non-hydrogen) atoms. The smallest absolute Gasteiger partial charge is 0.264 e. The number of allylic oxidation sites excluding steroid dienone is 7. The molecule has 1 aromatic heterocycles. The zero-order valence-electron chi connectivity index (χ0n) is 43.4. The molecule has 2 aliphatic carbocycles. The Balaban J connectivity index is 1.29. The Kier molecular flexibility index (Phi) is 9.75. The maximum Gasteiger partial charge on any atom is 0.264 e. The molecule has 0 spiro atoms. The summed E-state index contributed by atoms with van der Waals surface area (Å²) in [5, 5.41) is 1.31. The third-order valence-electron chi connectivity index (χ3n) is 16.6. The third kappa shape index (κ3) is 6.50. The Labute approximate surface area is 411 Å². The fourth-order valence-corrected chi connectivity index (χ4v) is 13.8. The van der Waals surface area contributed by atoms with Gasteiger partial charge in [-0.25, -0.2) is 0 Å². The van der Waals surface area contributed by atoms with Crippen molar-refractivity contribution < 1.29 is 4.74 Å². The molecular weight excluding hydrogens is 844 g/mol. The standard InChI is InChI=1S/C63H69BN2OS/c1-36-31-40(28-29-44(36)61(10,11)12)66-49-30-27-39(60(7,8)9)32-48(49)64-55-50(35-52-54(57(55)66)63(15,16)46-23-19-20-24-51(46)67-52)65(38(3)26-25-37(2)59(4,5)6)56-43-33-42-41-21-17-18-22-45(41)62(13,14)47(42)34-53(43)68-58(56)64/h17-36,44H,1-16H3/b37-25+,38-26+/t36-,44?/m0/s1. The molecule has 3 aliphatic heterocycles. The molecule has 0 fully saturated rings. The Morgan fingerprint density at radius 3 is 2.12 bits per heavy atom. The Morgan fingerprint density at radius 1 is 0.721 bits per heavy atom. The van der Waals surface area contributed by atoms with E-state index in [1.54, 1.807) is 0 Å². The average molecular weight is 913 g/mol. The van der Waals surface area contributed by atoms with Crippen LogP contribution in [0.25, 0.3) is 21.2 Å². The molecule has 3 nitrogen and oxygen atoms in total. The lowest BCUT2D eigenvalue weighted by Gasteiger charge is -2.48. The van der Waals surface area contributed by atoms with E-state index in [1.807, 2.05) is 11.3 Å². The van der Waals surface area contributed by atoms with Gasteiger partial charge >= 0.3 is 0 Å². The first-order chi connectivity index (χ1) is 31.9. The van der Waals surface area contributed by atoms with E-state index in [-0.39, 0.29) is 33.8 Å². The molecule has 0 saturated carbocycles. The lowest BCUT2D eigenvalue weighted by Crippen LogP contribution is -2.62. The summed E-state index contributed by atoms with van der Waals surface area (Å²) in [6, 6.07) is 32.8. The molecule has 2 atom stereocenters. The van der Waals surface area contributed by atoms with Gasteiger partial charge in [-0.3, -0.25) is 0 Å². The van der Waals surface area contributed by atoms with Crippen LogP contribution in [0.4, 0.5) is 22.7 Å². The molecule has 1 unspecified atom stereocenters. The zero-order valence-corrected chi connectivity index (χ0v) is 44.2. The first-order valence-corrected chi connectivity index (χ1v) is 25.9. The molecule has 4 heterocycles. The van der Waals surface area contributed by atoms with Gasteiger partial charge < -0.3 is 14.5 Å². The number of hydrogen-bond donors (Lipinski definition) is 0. The number of fused-ring (bicyclic) bond motifs is 12. The topological polar surface area (TPSA) is 15.7 Å². The molecule has 11 rings (SSSR count). The van der Waals surface area contributed by atoms with E-state index in [0.29, 0.717) is 11.8 Å². The molecule has 0 amide bonds. The Morgan fingerprint density at radius 2 is 1.43 bits per heavy atom. The number of rotatable bonds is 3. The van der Waals surface area contributed by atoms with Gasteiger partial charge in [-0.2, -0.15) is 0 Å². The molecule has 346 valence electrons. The van der Waals surface area contributed by atoms with Crippen LogP contribution in [0.5, 0.6) is 11.5 Å². The van der Waals surface area contributed by atoms with Crippen LogP contribution in [-0.2, 0) is 16.2 Å². The summed E-state index contributed by atoms with van der Waals surface area (Å²) in [5.74, 6) is 2.63. The Hall–Kier alpha value is -5.52. The van der Waals surface area contributed by atoms with E-state index in [1.165, 1.54) is 104 Å². The minimum atomic E-state index is -0.374. The van der Waals surface area contributed by atoms with Crippen LogP contribution in [0.1, 0.15) is 139 Å². The van der Waals surface area contributed by atoms with Crippen LogP contribution >= 0.6 is 11.3 Å². The van der Waals surface area contributed by atoms with Crippen molar-refractivity contribution in [2.24, 2.45) is 22.7 Å². The van der Waals surface area contributed by atoms with E-state index in [0.717, 1.165) is 11.5 Å². The van der Waals surface area contributed by atoms with E-state index >= 15 is 0 Å². The summed E-state index contributed by atoms with van der Waals surface area (Å²) in [4.78, 5) is 5.29. The monoisotopic (exact) mass is 913 g/mol. The molecule has 6 aromatic rings. The second kappa shape index (κ2) is 14.8. The Bertz CT molecular complexity index is 3270. The maximum atomic E-state index is 7.28. The molecule has 0 N–H and O–H groups in total. The van der Waals surface area contributed by atoms with Crippen LogP contribution < -0.4 is 30.2 Å². The third-order valence-corrected chi connectivity index (χ3v) is 17.8. The number of benzene rings is 5. The number of ether oxygens (including phenoxy) is 1. The fourth-order valence-electron chi connectivity index (χ4n) is 12.4. The van der Waals surface area contributed by atoms with Crippen molar-refractivity contribution in [3.05, 3.63) is 160 Å². The van der Waals surface area contributed by atoms with Crippen molar-refractivity contribution in [1.29, 1.82) is 0 Å². The van der Waals surface area contributed by atoms with Gasteiger partial charge in [0.1, 0.15) is 11.5 Å². The maximum absolute atomic E-state index is 7.28. The molecule has 5 heteroatoms. The van der Waals surface area contributed by atoms with Gasteiger partial charge in [0.25, 0.3) is 6.71 Å². The highest BCUT2D eigenvalue weighted by atomic mass is 32.1. The van der Waals surface area contributed by atoms with Crippen LogP contribution in [0, 0.1) is 22.7 Å². The number of hydrogen-bond acceptors (Lipinski definition) is 4. The van der Waals surface area contributed by atoms with Gasteiger partial charge in [-0.05, 0) is 117 Å². The number of nitrogens with zero attached hydrogens (tertiary/aromatic N) is 2. The lowest BCUT2D eigenvalue weighted by atomic mass is 9.35. The van der Waals surface area contributed by atoms with E-state index in [2.05, 4.69) is 236 Å². The zero-order chi connectivity index (χ0) is 48.4. The van der Waals surface area contributed by atoms with Gasteiger partial charge in [-0.1, -0.05) is 175 Å². The van der Waals surface area contributed by atoms with Gasteiger partial charge in [0, 0.05) is 65.7 Å². The van der Waals surface area contributed by atoms with Crippen molar-refractivity contribution in [3.8, 4) is 22.6 Å². The van der Waals surface area contributed by atoms with Gasteiger partial charge in [0.05, 0.1) is 11.4 Å². The van der Waals surface area contributed by atoms with Gasteiger partial charge in [0.2, 0.25) is 0 Å². The van der Waals surface area contributed by atoms with E-state index in [4.69, 9.17) is 4.74 Å². The van der Waals surface area contributed by atoms with Crippen LogP contribution in [0.3, 0.4) is 0 Å². The highest BCUT2D eigenvalue weighted by molar-refractivity contribution is 7.33. The summed E-state index contributed by atoms with van der Waals surface area (Å²) in [5.41, 5.74) is 20.5. The van der Waals surface area contributed by atoms with E-state index in [9.17, 15) is 0 Å². The predicted molar refractivity (Wildman–Crippen MR) is 295 cm³/mol. The summed E-state index contributed by atoms with van der Waals surface area (Å²) in [6.45, 7) is 37.8. The normalized spacial score (nSPS) is 19.9. The average Bonchev–Trinajstić information content (AvgIpc) is 3.74. The summed E-state index contributed by atoms with van der Waals surface area (Å²) in [6.07, 6.45) is 12.2. The highest BCUT2D eigenvalue weighted by Crippen LogP contribution is 2.58. The molecule has 0 radical (unpaired) electrons. The first kappa shape index (κ1) is 45.0. The summed E-state index contributed by atoms with van der Waals surface area (Å²) >= 11 is 2.01. The SMILES string of the molecule is C/C(=C\C=C(/C)C(C)(C)C)N1c2cc3c(c4c2B(c2cc(C(C)(C)C)ccc2N4C2=C[C@H](C)C(C(C)(C)C)C=C2)c2sc4cc5c(cc4c21)-c1ccccc1C5(C)C)C(C)(C)c1ccccc1O3. The second-order valence-electron chi connectivity index (χ2n) is 24.9. The van der Waals surface area contributed by atoms with Crippen LogP contribution in [-0.4, -0.2) is 6.71 Å². The number of anilines is 4. The van der Waals surface area contributed by atoms with Gasteiger partial charge in [0.15, 0.2) is 0 Å². The molecular formula is C63H69BN2OS. The highest BCUT2D eigenvalue weighted by Gasteiger charge is 2.51. The van der Waals surface area contributed by atoms with E-state index < -0.39 is 0 Å². The van der Waals surface area contributed by atoms with Crippen molar-refractivity contribution >= 4 is 66.6 Å². The van der Waals surface area contributed by atoms with Crippen LogP contribution in [0.15, 0.2) is 132 Å². The fraction of sp³-hybridized carbons (Fsp3) is 0.365. The molecule has 0 saturated heterocycles. The van der Waals surface area contributed by atoms with Gasteiger partial charge in [-0.15, -0.1) is 11.3 Å². The predicted octanol–water partition coefficient (Wildman–Crippen LogP) is 16.0. The minimum absolute atomic E-state index is 0.0156. The second-order valence-corrected chi connectivity index (χ2v) is 26.0. The molecule has 0 bridgehead atoms. The van der Waals surface area contributed by atoms with Crippen molar-refractivity contribution in [2.75, 3.05) is 9.80 Å². The van der Waals surface area contributed by atoms with Crippen molar-refractivity contribution in [1.82, 2.24) is 0 Å². The number of para-hydroxylation sites is 1. The number of thiophene rings is 1. The summed E-state index contributed by atoms with van der Waals surface area (Å²) < 4.78 is 10.0. The summed E-state index contributed by atoms with van der Waals surface area (Å²) in [7, 11) is 0. The minimum Gasteiger partial charge on any atom is -0.457 e. The van der Waals surface area contributed by atoms with Crippen LogP contribution in [0.2, 0.25) is 0 Å². The molecule has 5 aliphatic rings. The van der Waals surface area contributed by atoms with Crippen molar-refractivity contribution in [2.45, 2.75) is 127 Å². The van der Waals surface area contributed by atoms with Crippen molar-refractivity contribution in [3.63, 3.8) is 0 Å². The molecule has 5 aromatic carbocycles. The first-order valence-electron chi connectivity index (χ1n) is 25.1. The lowest BCUT2D eigenvalue weighted by molar-refractivity contribution is 0.243. The largest absolute Gasteiger partial charge is 0.457 e. The quantitative estimate of drug-likeness (QED) is 0.130.